The smallest absolute Gasteiger partial charge is 0.236 e. The second kappa shape index (κ2) is 7.56. The molecule has 122 valence electrons. The van der Waals surface area contributed by atoms with Gasteiger partial charge in [-0.3, -0.25) is 9.69 Å². The molecule has 5 heteroatoms. The van der Waals surface area contributed by atoms with Crippen molar-refractivity contribution in [3.8, 4) is 0 Å². The van der Waals surface area contributed by atoms with Gasteiger partial charge >= 0.3 is 0 Å². The maximum Gasteiger partial charge on any atom is 0.236 e. The van der Waals surface area contributed by atoms with E-state index in [-0.39, 0.29) is 24.7 Å². The molecule has 0 aromatic heterocycles. The Balaban J connectivity index is 1.82. The van der Waals surface area contributed by atoms with Gasteiger partial charge < -0.3 is 14.7 Å². The van der Waals surface area contributed by atoms with Crippen molar-refractivity contribution in [2.24, 2.45) is 5.92 Å². The fraction of sp³-hybridized carbons (Fsp3) is 0.938. The predicted octanol–water partition coefficient (Wildman–Crippen LogP) is 1.11. The van der Waals surface area contributed by atoms with E-state index < -0.39 is 0 Å². The fourth-order valence-corrected chi connectivity index (χ4v) is 3.51. The second-order valence-electron chi connectivity index (χ2n) is 6.86. The zero-order chi connectivity index (χ0) is 15.4. The molecule has 1 aliphatic heterocycles. The highest BCUT2D eigenvalue weighted by Crippen LogP contribution is 2.26. The van der Waals surface area contributed by atoms with Crippen molar-refractivity contribution in [1.29, 1.82) is 0 Å². The van der Waals surface area contributed by atoms with E-state index in [1.165, 1.54) is 12.8 Å². The van der Waals surface area contributed by atoms with Crippen molar-refractivity contribution in [2.75, 3.05) is 33.3 Å². The minimum Gasteiger partial charge on any atom is -0.394 e. The summed E-state index contributed by atoms with van der Waals surface area (Å²) in [5.74, 6) is 0.996. The van der Waals surface area contributed by atoms with Crippen LogP contribution in [0.2, 0.25) is 0 Å². The first kappa shape index (κ1) is 16.7. The Hall–Kier alpha value is -0.650. The van der Waals surface area contributed by atoms with E-state index in [9.17, 15) is 9.90 Å². The van der Waals surface area contributed by atoms with Crippen LogP contribution in [0.4, 0.5) is 0 Å². The molecule has 0 bridgehead atoms. The van der Waals surface area contributed by atoms with Gasteiger partial charge in [-0.1, -0.05) is 6.92 Å². The molecular formula is C16H30N2O3. The molecule has 2 rings (SSSR count). The Morgan fingerprint density at radius 2 is 1.90 bits per heavy atom. The van der Waals surface area contributed by atoms with Crippen molar-refractivity contribution in [3.05, 3.63) is 0 Å². The summed E-state index contributed by atoms with van der Waals surface area (Å²) in [5.41, 5.74) is 0. The number of carbonyl (C=O) groups is 1. The molecule has 5 nitrogen and oxygen atoms in total. The van der Waals surface area contributed by atoms with Crippen LogP contribution in [0.1, 0.15) is 39.5 Å². The van der Waals surface area contributed by atoms with Gasteiger partial charge in [-0.05, 0) is 38.5 Å². The zero-order valence-electron chi connectivity index (χ0n) is 13.6. The Kier molecular flexibility index (Phi) is 6.02. The number of likely N-dealkylation sites (N-methyl/N-ethyl adjacent to an activating group) is 1. The van der Waals surface area contributed by atoms with Crippen LogP contribution in [0, 0.1) is 5.92 Å². The number of aliphatic hydroxyl groups excluding tert-OH is 1. The SMILES string of the molecule is CC1CCC(N(C)C(=O)CN2CC(C)OC(CO)C2)CC1. The second-order valence-corrected chi connectivity index (χ2v) is 6.86. The maximum atomic E-state index is 12.5. The molecular weight excluding hydrogens is 268 g/mol. The highest BCUT2D eigenvalue weighted by Gasteiger charge is 2.29. The Labute approximate surface area is 128 Å². The van der Waals surface area contributed by atoms with Gasteiger partial charge in [-0.25, -0.2) is 0 Å². The lowest BCUT2D eigenvalue weighted by Gasteiger charge is -2.38. The number of ether oxygens (including phenoxy) is 1. The number of morpholine rings is 1. The number of carbonyl (C=O) groups excluding carboxylic acids is 1. The normalized spacial score (nSPS) is 34.7. The monoisotopic (exact) mass is 298 g/mol. The highest BCUT2D eigenvalue weighted by atomic mass is 16.5. The van der Waals surface area contributed by atoms with Crippen LogP contribution in [-0.2, 0) is 9.53 Å². The van der Waals surface area contributed by atoms with Crippen LogP contribution in [0.3, 0.4) is 0 Å². The molecule has 1 saturated carbocycles. The van der Waals surface area contributed by atoms with E-state index in [0.717, 1.165) is 25.3 Å². The Bertz CT molecular complexity index is 342. The average molecular weight is 298 g/mol. The Morgan fingerprint density at radius 3 is 2.52 bits per heavy atom. The molecule has 2 atom stereocenters. The van der Waals surface area contributed by atoms with Gasteiger partial charge in [0, 0.05) is 26.2 Å². The highest BCUT2D eigenvalue weighted by molar-refractivity contribution is 5.78. The quantitative estimate of drug-likeness (QED) is 0.844. The molecule has 2 unspecified atom stereocenters. The molecule has 0 aromatic carbocycles. The predicted molar refractivity (Wildman–Crippen MR) is 82.1 cm³/mol. The lowest BCUT2D eigenvalue weighted by Crippen LogP contribution is -2.52. The first-order chi connectivity index (χ1) is 9.99. The summed E-state index contributed by atoms with van der Waals surface area (Å²) in [6.07, 6.45) is 4.61. The molecule has 1 N–H and O–H groups in total. The molecule has 0 aromatic rings. The molecule has 1 heterocycles. The van der Waals surface area contributed by atoms with Crippen LogP contribution in [0.15, 0.2) is 0 Å². The molecule has 21 heavy (non-hydrogen) atoms. The number of amides is 1. The van der Waals surface area contributed by atoms with Gasteiger partial charge in [0.05, 0.1) is 25.4 Å². The van der Waals surface area contributed by atoms with E-state index >= 15 is 0 Å². The van der Waals surface area contributed by atoms with E-state index in [1.54, 1.807) is 0 Å². The van der Waals surface area contributed by atoms with E-state index in [0.29, 0.717) is 19.1 Å². The van der Waals surface area contributed by atoms with Gasteiger partial charge in [0.2, 0.25) is 5.91 Å². The minimum atomic E-state index is -0.164. The third-order valence-corrected chi connectivity index (χ3v) is 4.89. The summed E-state index contributed by atoms with van der Waals surface area (Å²) in [6, 6.07) is 0.404. The van der Waals surface area contributed by atoms with Gasteiger partial charge in [0.15, 0.2) is 0 Å². The molecule has 1 saturated heterocycles. The molecule has 0 radical (unpaired) electrons. The third-order valence-electron chi connectivity index (χ3n) is 4.89. The summed E-state index contributed by atoms with van der Waals surface area (Å²) in [7, 11) is 1.94. The number of nitrogens with zero attached hydrogens (tertiary/aromatic N) is 2. The number of hydrogen-bond acceptors (Lipinski definition) is 4. The van der Waals surface area contributed by atoms with Crippen LogP contribution < -0.4 is 0 Å². The molecule has 1 aliphatic carbocycles. The van der Waals surface area contributed by atoms with E-state index in [2.05, 4.69) is 11.8 Å². The van der Waals surface area contributed by atoms with Crippen LogP contribution >= 0.6 is 0 Å². The first-order valence-electron chi connectivity index (χ1n) is 8.24. The summed E-state index contributed by atoms with van der Waals surface area (Å²) in [4.78, 5) is 16.5. The molecule has 2 aliphatic rings. The summed E-state index contributed by atoms with van der Waals surface area (Å²) < 4.78 is 5.62. The summed E-state index contributed by atoms with van der Waals surface area (Å²) in [5, 5.41) is 9.25. The third kappa shape index (κ3) is 4.66. The fourth-order valence-electron chi connectivity index (χ4n) is 3.51. The van der Waals surface area contributed by atoms with Gasteiger partial charge in [0.25, 0.3) is 0 Å². The summed E-state index contributed by atoms with van der Waals surface area (Å²) in [6.45, 7) is 6.14. The lowest BCUT2D eigenvalue weighted by atomic mass is 9.87. The van der Waals surface area contributed by atoms with Gasteiger partial charge in [-0.2, -0.15) is 0 Å². The zero-order valence-corrected chi connectivity index (χ0v) is 13.6. The summed E-state index contributed by atoms with van der Waals surface area (Å²) >= 11 is 0. The van der Waals surface area contributed by atoms with E-state index in [4.69, 9.17) is 4.74 Å². The van der Waals surface area contributed by atoms with Crippen molar-refractivity contribution in [3.63, 3.8) is 0 Å². The molecule has 0 spiro atoms. The van der Waals surface area contributed by atoms with Crippen molar-refractivity contribution in [1.82, 2.24) is 9.80 Å². The van der Waals surface area contributed by atoms with Crippen LogP contribution in [-0.4, -0.2) is 72.4 Å². The van der Waals surface area contributed by atoms with Crippen LogP contribution in [0.5, 0.6) is 0 Å². The first-order valence-corrected chi connectivity index (χ1v) is 8.24. The minimum absolute atomic E-state index is 0.0192. The molecule has 2 fully saturated rings. The topological polar surface area (TPSA) is 53.0 Å². The number of aliphatic hydroxyl groups is 1. The lowest BCUT2D eigenvalue weighted by molar-refractivity contribution is -0.139. The maximum absolute atomic E-state index is 12.5. The largest absolute Gasteiger partial charge is 0.394 e. The Morgan fingerprint density at radius 1 is 1.24 bits per heavy atom. The van der Waals surface area contributed by atoms with Gasteiger partial charge in [-0.15, -0.1) is 0 Å². The average Bonchev–Trinajstić information content (AvgIpc) is 2.46. The number of rotatable bonds is 4. The van der Waals surface area contributed by atoms with Crippen molar-refractivity contribution in [2.45, 2.75) is 57.8 Å². The van der Waals surface area contributed by atoms with E-state index in [1.807, 2.05) is 18.9 Å². The van der Waals surface area contributed by atoms with Crippen molar-refractivity contribution < 1.29 is 14.6 Å². The molecule has 1 amide bonds. The van der Waals surface area contributed by atoms with Crippen LogP contribution in [0.25, 0.3) is 0 Å². The van der Waals surface area contributed by atoms with Crippen molar-refractivity contribution >= 4 is 5.91 Å². The standard InChI is InChI=1S/C16H30N2O3/c1-12-4-6-14(7-5-12)17(3)16(20)10-18-8-13(2)21-15(9-18)11-19/h12-15,19H,4-11H2,1-3H3. The van der Waals surface area contributed by atoms with Gasteiger partial charge in [0.1, 0.15) is 0 Å². The number of hydrogen-bond donors (Lipinski definition) is 1.